The molecular weight excluding hydrogens is 378 g/mol. The molecule has 0 radical (unpaired) electrons. The molecule has 8 nitrogen and oxygen atoms in total. The Labute approximate surface area is 163 Å². The Morgan fingerprint density at radius 1 is 1.11 bits per heavy atom. The Bertz CT molecular complexity index is 1060. The lowest BCUT2D eigenvalue weighted by Crippen LogP contribution is -2.33. The molecule has 2 aromatic carbocycles. The Balaban J connectivity index is 1.68. The average molecular weight is 399 g/mol. The van der Waals surface area contributed by atoms with Crippen LogP contribution in [0, 0.1) is 0 Å². The van der Waals surface area contributed by atoms with E-state index in [0.717, 1.165) is 17.4 Å². The van der Waals surface area contributed by atoms with Gasteiger partial charge in [-0.05, 0) is 29.8 Å². The molecule has 0 aliphatic carbocycles. The molecular formula is C19H21N5O3S. The number of aromatic nitrogens is 4. The van der Waals surface area contributed by atoms with Crippen LogP contribution < -0.4 is 0 Å². The first-order valence-electron chi connectivity index (χ1n) is 8.64. The highest BCUT2D eigenvalue weighted by molar-refractivity contribution is 7.90. The van der Waals surface area contributed by atoms with Crippen molar-refractivity contribution < 1.29 is 13.2 Å². The van der Waals surface area contributed by atoms with E-state index in [1.807, 2.05) is 37.3 Å². The van der Waals surface area contributed by atoms with Crippen LogP contribution in [0.3, 0.4) is 0 Å². The van der Waals surface area contributed by atoms with E-state index in [2.05, 4.69) is 15.4 Å². The van der Waals surface area contributed by atoms with Crippen LogP contribution in [0.4, 0.5) is 0 Å². The van der Waals surface area contributed by atoms with Crippen molar-refractivity contribution in [2.24, 2.45) is 0 Å². The van der Waals surface area contributed by atoms with Crippen LogP contribution in [-0.4, -0.2) is 52.7 Å². The van der Waals surface area contributed by atoms with Crippen LogP contribution in [0.2, 0.25) is 0 Å². The van der Waals surface area contributed by atoms with Gasteiger partial charge in [0.15, 0.2) is 9.84 Å². The van der Waals surface area contributed by atoms with E-state index in [9.17, 15) is 13.2 Å². The summed E-state index contributed by atoms with van der Waals surface area (Å²) in [6, 6.07) is 15.7. The second-order valence-electron chi connectivity index (χ2n) is 6.53. The lowest BCUT2D eigenvalue weighted by Gasteiger charge is -2.25. The number of benzene rings is 2. The molecule has 0 N–H and O–H groups in total. The number of rotatable bonds is 6. The first-order chi connectivity index (χ1) is 13.3. The normalized spacial score (nSPS) is 12.5. The van der Waals surface area contributed by atoms with Gasteiger partial charge in [-0.15, -0.1) is 10.2 Å². The van der Waals surface area contributed by atoms with Crippen LogP contribution >= 0.6 is 0 Å². The van der Waals surface area contributed by atoms with Crippen molar-refractivity contribution in [3.63, 3.8) is 0 Å². The Morgan fingerprint density at radius 3 is 2.36 bits per heavy atom. The molecule has 0 saturated carbocycles. The van der Waals surface area contributed by atoms with E-state index < -0.39 is 9.84 Å². The monoisotopic (exact) mass is 399 g/mol. The molecule has 28 heavy (non-hydrogen) atoms. The highest BCUT2D eigenvalue weighted by Crippen LogP contribution is 2.21. The number of hydrogen-bond donors (Lipinski definition) is 0. The summed E-state index contributed by atoms with van der Waals surface area (Å²) in [6.07, 6.45) is 1.16. The van der Waals surface area contributed by atoms with Crippen molar-refractivity contribution in [1.82, 2.24) is 25.1 Å². The summed E-state index contributed by atoms with van der Waals surface area (Å²) in [7, 11) is -1.56. The summed E-state index contributed by atoms with van der Waals surface area (Å²) in [6.45, 7) is 1.83. The minimum absolute atomic E-state index is 0.0396. The number of sulfone groups is 1. The molecule has 1 heterocycles. The zero-order valence-electron chi connectivity index (χ0n) is 15.8. The molecule has 0 fully saturated rings. The number of likely N-dealkylation sites (N-methyl/N-ethyl adjacent to an activating group) is 1. The molecule has 0 bridgehead atoms. The Kier molecular flexibility index (Phi) is 5.55. The summed E-state index contributed by atoms with van der Waals surface area (Å²) in [4.78, 5) is 15.7. The topological polar surface area (TPSA) is 98.1 Å². The molecule has 1 amide bonds. The first-order valence-corrected chi connectivity index (χ1v) is 10.5. The molecule has 0 saturated heterocycles. The summed E-state index contributed by atoms with van der Waals surface area (Å²) < 4.78 is 23.2. The highest BCUT2D eigenvalue weighted by Gasteiger charge is 2.19. The van der Waals surface area contributed by atoms with Crippen LogP contribution in [0.15, 0.2) is 59.5 Å². The van der Waals surface area contributed by atoms with Crippen molar-refractivity contribution in [3.05, 3.63) is 60.2 Å². The summed E-state index contributed by atoms with van der Waals surface area (Å²) in [5.74, 6) is 0.275. The van der Waals surface area contributed by atoms with E-state index in [-0.39, 0.29) is 23.4 Å². The lowest BCUT2D eigenvalue weighted by atomic mass is 10.1. The minimum Gasteiger partial charge on any atom is -0.337 e. The maximum Gasteiger partial charge on any atom is 0.246 e. The second kappa shape index (κ2) is 7.89. The summed E-state index contributed by atoms with van der Waals surface area (Å²) in [5, 5.41) is 12.2. The maximum atomic E-state index is 12.6. The van der Waals surface area contributed by atoms with Gasteiger partial charge in [0.2, 0.25) is 11.7 Å². The van der Waals surface area contributed by atoms with Crippen molar-refractivity contribution in [1.29, 1.82) is 0 Å². The fourth-order valence-electron chi connectivity index (χ4n) is 2.68. The lowest BCUT2D eigenvalue weighted by molar-refractivity contribution is -0.132. The Morgan fingerprint density at radius 2 is 1.75 bits per heavy atom. The van der Waals surface area contributed by atoms with Crippen molar-refractivity contribution >= 4 is 15.7 Å². The molecule has 1 aromatic heterocycles. The molecule has 146 valence electrons. The standard InChI is InChI=1S/C19H21N5O3S/c1-14(15-9-11-17(12-10-15)28(3,26)27)23(2)18(25)13-24-21-19(20-22-24)16-7-5-4-6-8-16/h4-12,14H,13H2,1-3H3. The van der Waals surface area contributed by atoms with Gasteiger partial charge in [-0.25, -0.2) is 8.42 Å². The Hall–Kier alpha value is -3.07. The highest BCUT2D eigenvalue weighted by atomic mass is 32.2. The third kappa shape index (κ3) is 4.42. The number of amides is 1. The van der Waals surface area contributed by atoms with Crippen molar-refractivity contribution in [3.8, 4) is 11.4 Å². The summed E-state index contributed by atoms with van der Waals surface area (Å²) in [5.41, 5.74) is 1.66. The maximum absolute atomic E-state index is 12.6. The molecule has 1 atom stereocenters. The molecule has 0 aliphatic heterocycles. The zero-order valence-corrected chi connectivity index (χ0v) is 16.7. The van der Waals surface area contributed by atoms with Crippen LogP contribution in [0.25, 0.3) is 11.4 Å². The quantitative estimate of drug-likeness (QED) is 0.628. The van der Waals surface area contributed by atoms with Gasteiger partial charge in [-0.1, -0.05) is 42.5 Å². The molecule has 0 spiro atoms. The van der Waals surface area contributed by atoms with Gasteiger partial charge in [-0.3, -0.25) is 4.79 Å². The SMILES string of the molecule is CC(c1ccc(S(C)(=O)=O)cc1)N(C)C(=O)Cn1nnc(-c2ccccc2)n1. The van der Waals surface area contributed by atoms with Crippen LogP contribution in [0.1, 0.15) is 18.5 Å². The number of nitrogens with zero attached hydrogens (tertiary/aromatic N) is 5. The number of hydrogen-bond acceptors (Lipinski definition) is 6. The van der Waals surface area contributed by atoms with Gasteiger partial charge in [0.25, 0.3) is 0 Å². The number of tetrazole rings is 1. The predicted octanol–water partition coefficient (Wildman–Crippen LogP) is 1.96. The zero-order chi connectivity index (χ0) is 20.3. The molecule has 3 rings (SSSR count). The third-order valence-electron chi connectivity index (χ3n) is 4.53. The van der Waals surface area contributed by atoms with Gasteiger partial charge in [0.1, 0.15) is 6.54 Å². The molecule has 0 aliphatic rings. The van der Waals surface area contributed by atoms with Crippen molar-refractivity contribution in [2.45, 2.75) is 24.4 Å². The van der Waals surface area contributed by atoms with Crippen molar-refractivity contribution in [2.75, 3.05) is 13.3 Å². The van der Waals surface area contributed by atoms with E-state index >= 15 is 0 Å². The summed E-state index contributed by atoms with van der Waals surface area (Å²) >= 11 is 0. The second-order valence-corrected chi connectivity index (χ2v) is 8.55. The van der Waals surface area contributed by atoms with Gasteiger partial charge in [-0.2, -0.15) is 4.80 Å². The largest absolute Gasteiger partial charge is 0.337 e. The van der Waals surface area contributed by atoms with Gasteiger partial charge in [0, 0.05) is 18.9 Å². The smallest absolute Gasteiger partial charge is 0.246 e. The van der Waals surface area contributed by atoms with Crippen LogP contribution in [0.5, 0.6) is 0 Å². The van der Waals surface area contributed by atoms with E-state index in [1.54, 1.807) is 36.2 Å². The third-order valence-corrected chi connectivity index (χ3v) is 5.65. The molecule has 9 heteroatoms. The van der Waals surface area contributed by atoms with E-state index in [4.69, 9.17) is 0 Å². The predicted molar refractivity (Wildman–Crippen MR) is 104 cm³/mol. The average Bonchev–Trinajstić information content (AvgIpc) is 3.15. The van der Waals surface area contributed by atoms with Crippen LogP contribution in [-0.2, 0) is 21.2 Å². The number of carbonyl (C=O) groups excluding carboxylic acids is 1. The fraction of sp³-hybridized carbons (Fsp3) is 0.263. The molecule has 3 aromatic rings. The van der Waals surface area contributed by atoms with E-state index in [0.29, 0.717) is 5.82 Å². The van der Waals surface area contributed by atoms with Gasteiger partial charge >= 0.3 is 0 Å². The number of carbonyl (C=O) groups is 1. The van der Waals surface area contributed by atoms with Gasteiger partial charge in [0.05, 0.1) is 10.9 Å². The first kappa shape index (κ1) is 19.7. The molecule has 1 unspecified atom stereocenters. The minimum atomic E-state index is -3.25. The van der Waals surface area contributed by atoms with E-state index in [1.165, 1.54) is 4.80 Å². The fourth-order valence-corrected chi connectivity index (χ4v) is 3.31. The van der Waals surface area contributed by atoms with Gasteiger partial charge < -0.3 is 4.90 Å².